The van der Waals surface area contributed by atoms with Crippen molar-refractivity contribution in [3.63, 3.8) is 0 Å². The molecule has 2 heterocycles. The molecule has 0 unspecified atom stereocenters. The molecule has 0 aliphatic carbocycles. The number of alkyl halides is 1. The topological polar surface area (TPSA) is 77.2 Å². The second-order valence-electron chi connectivity index (χ2n) is 4.57. The summed E-state index contributed by atoms with van der Waals surface area (Å²) < 4.78 is 7.17. The van der Waals surface area contributed by atoms with Crippen LogP contribution in [0.2, 0.25) is 0 Å². The summed E-state index contributed by atoms with van der Waals surface area (Å²) in [5.41, 5.74) is 3.18. The molecule has 0 spiro atoms. The van der Waals surface area contributed by atoms with E-state index in [4.69, 9.17) is 16.3 Å². The lowest BCUT2D eigenvalue weighted by Crippen LogP contribution is -2.04. The zero-order valence-corrected chi connectivity index (χ0v) is 13.2. The van der Waals surface area contributed by atoms with Gasteiger partial charge in [0, 0.05) is 11.1 Å². The van der Waals surface area contributed by atoms with E-state index in [0.29, 0.717) is 29.2 Å². The van der Waals surface area contributed by atoms with Crippen molar-refractivity contribution in [3.05, 3.63) is 40.1 Å². The van der Waals surface area contributed by atoms with E-state index in [1.165, 1.54) is 24.5 Å². The number of methoxy groups -OCH3 is 1. The van der Waals surface area contributed by atoms with E-state index in [-0.39, 0.29) is 11.4 Å². The van der Waals surface area contributed by atoms with Crippen molar-refractivity contribution in [2.24, 2.45) is 0 Å². The van der Waals surface area contributed by atoms with Crippen LogP contribution in [0.15, 0.2) is 23.8 Å². The summed E-state index contributed by atoms with van der Waals surface area (Å²) in [5, 5.41) is 9.26. The van der Waals surface area contributed by atoms with E-state index in [1.54, 1.807) is 17.8 Å². The number of rotatable bonds is 5. The number of carbonyl (C=O) groups is 1. The summed E-state index contributed by atoms with van der Waals surface area (Å²) in [4.78, 5) is 20.9. The summed E-state index contributed by atoms with van der Waals surface area (Å²) in [5.74, 6) is 0.285. The number of thiazole rings is 1. The Hall–Kier alpha value is -2.12. The van der Waals surface area contributed by atoms with E-state index < -0.39 is 5.97 Å². The molecule has 0 fully saturated rings. The Labute approximate surface area is 135 Å². The van der Waals surface area contributed by atoms with Gasteiger partial charge in [0.15, 0.2) is 0 Å². The largest absolute Gasteiger partial charge is 0.494 e. The number of carboxylic acids is 1. The Kier molecular flexibility index (Phi) is 4.00. The SMILES string of the molecule is COc1cc(C(=O)O)cc2c1nc(CCl)n2Cc1cncs1. The van der Waals surface area contributed by atoms with Gasteiger partial charge in [-0.15, -0.1) is 22.9 Å². The first kappa shape index (κ1) is 14.8. The smallest absolute Gasteiger partial charge is 0.335 e. The van der Waals surface area contributed by atoms with Crippen LogP contribution < -0.4 is 4.74 Å². The fourth-order valence-corrected chi connectivity index (χ4v) is 3.06. The summed E-state index contributed by atoms with van der Waals surface area (Å²) in [6, 6.07) is 3.05. The lowest BCUT2D eigenvalue weighted by molar-refractivity contribution is 0.0696. The molecule has 3 rings (SSSR count). The highest BCUT2D eigenvalue weighted by Gasteiger charge is 2.18. The Bertz CT molecular complexity index is 830. The third-order valence-corrected chi connectivity index (χ3v) is 4.29. The predicted molar refractivity (Wildman–Crippen MR) is 84.0 cm³/mol. The van der Waals surface area contributed by atoms with Crippen molar-refractivity contribution >= 4 is 39.9 Å². The Morgan fingerprint density at radius 1 is 1.50 bits per heavy atom. The number of fused-ring (bicyclic) bond motifs is 1. The van der Waals surface area contributed by atoms with E-state index in [1.807, 2.05) is 4.57 Å². The minimum absolute atomic E-state index is 0.149. The molecule has 0 bridgehead atoms. The quantitative estimate of drug-likeness (QED) is 0.724. The van der Waals surface area contributed by atoms with Gasteiger partial charge < -0.3 is 14.4 Å². The van der Waals surface area contributed by atoms with Gasteiger partial charge in [-0.05, 0) is 12.1 Å². The second kappa shape index (κ2) is 5.94. The molecule has 0 aliphatic rings. The van der Waals surface area contributed by atoms with Gasteiger partial charge in [-0.2, -0.15) is 0 Å². The van der Waals surface area contributed by atoms with E-state index in [0.717, 1.165) is 4.88 Å². The first-order valence-corrected chi connectivity index (χ1v) is 7.79. The Balaban J connectivity index is 2.24. The summed E-state index contributed by atoms with van der Waals surface area (Å²) in [6.45, 7) is 0.537. The van der Waals surface area contributed by atoms with E-state index in [9.17, 15) is 9.90 Å². The minimum atomic E-state index is -1.02. The van der Waals surface area contributed by atoms with Crippen molar-refractivity contribution in [1.82, 2.24) is 14.5 Å². The number of carboxylic acid groups (broad SMARTS) is 1. The van der Waals surface area contributed by atoms with Crippen LogP contribution in [0, 0.1) is 0 Å². The van der Waals surface area contributed by atoms with Gasteiger partial charge in [0.25, 0.3) is 0 Å². The number of aromatic nitrogens is 3. The first-order chi connectivity index (χ1) is 10.6. The molecule has 0 amide bonds. The van der Waals surface area contributed by atoms with Crippen molar-refractivity contribution in [2.75, 3.05) is 7.11 Å². The van der Waals surface area contributed by atoms with Crippen LogP contribution in [0.4, 0.5) is 0 Å². The molecule has 22 heavy (non-hydrogen) atoms. The fraction of sp³-hybridized carbons (Fsp3) is 0.214. The van der Waals surface area contributed by atoms with Gasteiger partial charge in [-0.25, -0.2) is 9.78 Å². The standard InChI is InChI=1S/C14H12ClN3O3S/c1-21-11-3-8(14(19)20)2-10-13(11)17-12(4-15)18(10)6-9-5-16-7-22-9/h2-3,5,7H,4,6H2,1H3,(H,19,20). The number of aromatic carboxylic acids is 1. The molecule has 6 nitrogen and oxygen atoms in total. The highest BCUT2D eigenvalue weighted by Crippen LogP contribution is 2.29. The van der Waals surface area contributed by atoms with E-state index >= 15 is 0 Å². The maximum atomic E-state index is 11.3. The summed E-state index contributed by atoms with van der Waals surface area (Å²) in [7, 11) is 1.49. The first-order valence-electron chi connectivity index (χ1n) is 6.37. The lowest BCUT2D eigenvalue weighted by Gasteiger charge is -2.07. The van der Waals surface area contributed by atoms with Crippen LogP contribution in [-0.2, 0) is 12.4 Å². The number of benzene rings is 1. The van der Waals surface area contributed by atoms with Gasteiger partial charge in [0.2, 0.25) is 0 Å². The van der Waals surface area contributed by atoms with Gasteiger partial charge in [0.05, 0.1) is 36.1 Å². The molecule has 0 saturated heterocycles. The zero-order valence-electron chi connectivity index (χ0n) is 11.6. The van der Waals surface area contributed by atoms with Crippen molar-refractivity contribution in [3.8, 4) is 5.75 Å². The normalized spacial score (nSPS) is 11.0. The Morgan fingerprint density at radius 3 is 2.91 bits per heavy atom. The lowest BCUT2D eigenvalue weighted by atomic mass is 10.2. The molecule has 1 aromatic carbocycles. The molecular formula is C14H12ClN3O3S. The van der Waals surface area contributed by atoms with Gasteiger partial charge >= 0.3 is 5.97 Å². The number of hydrogen-bond donors (Lipinski definition) is 1. The molecule has 2 aromatic heterocycles. The van der Waals surface area contributed by atoms with E-state index in [2.05, 4.69) is 9.97 Å². The van der Waals surface area contributed by atoms with Crippen LogP contribution >= 0.6 is 22.9 Å². The molecular weight excluding hydrogens is 326 g/mol. The average molecular weight is 338 g/mol. The number of ether oxygens (including phenoxy) is 1. The molecule has 0 aliphatic heterocycles. The average Bonchev–Trinajstić information content (AvgIpc) is 3.14. The zero-order chi connectivity index (χ0) is 15.7. The fourth-order valence-electron chi connectivity index (χ4n) is 2.27. The molecule has 114 valence electrons. The van der Waals surface area contributed by atoms with Crippen molar-refractivity contribution in [1.29, 1.82) is 0 Å². The highest BCUT2D eigenvalue weighted by molar-refractivity contribution is 7.09. The number of nitrogens with zero attached hydrogens (tertiary/aromatic N) is 3. The monoisotopic (exact) mass is 337 g/mol. The molecule has 3 aromatic rings. The van der Waals surface area contributed by atoms with Gasteiger partial charge in [0.1, 0.15) is 17.1 Å². The molecule has 0 atom stereocenters. The molecule has 8 heteroatoms. The summed E-state index contributed by atoms with van der Waals surface area (Å²) >= 11 is 7.51. The van der Waals surface area contributed by atoms with Crippen molar-refractivity contribution < 1.29 is 14.6 Å². The van der Waals surface area contributed by atoms with Crippen LogP contribution in [0.1, 0.15) is 21.1 Å². The predicted octanol–water partition coefficient (Wildman–Crippen LogP) is 2.99. The third kappa shape index (κ3) is 2.53. The molecule has 0 saturated carbocycles. The maximum Gasteiger partial charge on any atom is 0.335 e. The number of halogens is 1. The number of imidazole rings is 1. The minimum Gasteiger partial charge on any atom is -0.494 e. The van der Waals surface area contributed by atoms with Crippen LogP contribution in [-0.4, -0.2) is 32.7 Å². The van der Waals surface area contributed by atoms with Crippen LogP contribution in [0.3, 0.4) is 0 Å². The maximum absolute atomic E-state index is 11.3. The number of hydrogen-bond acceptors (Lipinski definition) is 5. The molecule has 0 radical (unpaired) electrons. The second-order valence-corrected chi connectivity index (χ2v) is 5.81. The van der Waals surface area contributed by atoms with Crippen LogP contribution in [0.5, 0.6) is 5.75 Å². The Morgan fingerprint density at radius 2 is 2.32 bits per heavy atom. The highest BCUT2D eigenvalue weighted by atomic mass is 35.5. The molecule has 1 N–H and O–H groups in total. The van der Waals surface area contributed by atoms with Crippen LogP contribution in [0.25, 0.3) is 11.0 Å². The van der Waals surface area contributed by atoms with Gasteiger partial charge in [-0.3, -0.25) is 4.98 Å². The van der Waals surface area contributed by atoms with Gasteiger partial charge in [-0.1, -0.05) is 0 Å². The summed E-state index contributed by atoms with van der Waals surface area (Å²) in [6.07, 6.45) is 1.77. The van der Waals surface area contributed by atoms with Crippen molar-refractivity contribution in [2.45, 2.75) is 12.4 Å². The third-order valence-electron chi connectivity index (χ3n) is 3.28.